The maximum atomic E-state index is 12.6. The Balaban J connectivity index is 2.20. The average molecular weight is 379 g/mol. The first-order chi connectivity index (χ1) is 12.5. The molecule has 1 N–H and O–H groups in total. The zero-order valence-corrected chi connectivity index (χ0v) is 15.2. The molecule has 0 atom stereocenters. The summed E-state index contributed by atoms with van der Waals surface area (Å²) in [5.74, 6) is -3.37. The number of carbonyl (C=O) groups excluding carboxylic acids is 2. The summed E-state index contributed by atoms with van der Waals surface area (Å²) in [6.45, 7) is 4.93. The number of carbonyl (C=O) groups is 2. The summed E-state index contributed by atoms with van der Waals surface area (Å²) in [6.07, 6.45) is 1.35. The Morgan fingerprint density at radius 2 is 1.92 bits per heavy atom. The van der Waals surface area contributed by atoms with Gasteiger partial charge in [0.05, 0.1) is 5.56 Å². The number of hydrogen-bond acceptors (Lipinski definition) is 4. The molecule has 0 aliphatic heterocycles. The standard InChI is InChI=1S/C18H19F2N3O2S/c1-3-23(4-2)17(25)12-7-5-8-13(11-12)22-15(24)14-9-6-10-21-16(14)26-18(19)20/h5-11,18H,3-4H2,1-2H3,(H,22,24). The van der Waals surface area contributed by atoms with E-state index in [9.17, 15) is 18.4 Å². The summed E-state index contributed by atoms with van der Waals surface area (Å²) in [6, 6.07) is 9.45. The van der Waals surface area contributed by atoms with Crippen molar-refractivity contribution in [3.63, 3.8) is 0 Å². The van der Waals surface area contributed by atoms with Crippen molar-refractivity contribution in [2.24, 2.45) is 0 Å². The van der Waals surface area contributed by atoms with E-state index in [1.807, 2.05) is 13.8 Å². The number of nitrogens with one attached hydrogen (secondary N) is 1. The zero-order chi connectivity index (χ0) is 19.1. The number of anilines is 1. The van der Waals surface area contributed by atoms with Crippen LogP contribution in [0.1, 0.15) is 34.6 Å². The van der Waals surface area contributed by atoms with E-state index in [1.165, 1.54) is 18.3 Å². The van der Waals surface area contributed by atoms with E-state index < -0.39 is 11.7 Å². The summed E-state index contributed by atoms with van der Waals surface area (Å²) in [4.78, 5) is 30.3. The molecule has 0 bridgehead atoms. The van der Waals surface area contributed by atoms with Crippen LogP contribution >= 0.6 is 11.8 Å². The summed E-state index contributed by atoms with van der Waals surface area (Å²) in [7, 11) is 0. The fourth-order valence-corrected chi connectivity index (χ4v) is 2.94. The number of alkyl halides is 2. The summed E-state index contributed by atoms with van der Waals surface area (Å²) in [5.41, 5.74) is 0.906. The Labute approximate surface area is 154 Å². The third kappa shape index (κ3) is 5.01. The number of pyridine rings is 1. The van der Waals surface area contributed by atoms with Gasteiger partial charge in [0.1, 0.15) is 5.03 Å². The lowest BCUT2D eigenvalue weighted by Crippen LogP contribution is -2.30. The van der Waals surface area contributed by atoms with E-state index in [1.54, 1.807) is 29.2 Å². The fraction of sp³-hybridized carbons (Fsp3) is 0.278. The number of aromatic nitrogens is 1. The minimum Gasteiger partial charge on any atom is -0.339 e. The molecule has 0 radical (unpaired) electrons. The largest absolute Gasteiger partial charge is 0.339 e. The predicted octanol–water partition coefficient (Wildman–Crippen LogP) is 4.13. The van der Waals surface area contributed by atoms with Gasteiger partial charge in [-0.05, 0) is 55.9 Å². The second-order valence-corrected chi connectivity index (χ2v) is 6.23. The van der Waals surface area contributed by atoms with Crippen molar-refractivity contribution in [3.8, 4) is 0 Å². The monoisotopic (exact) mass is 379 g/mol. The highest BCUT2D eigenvalue weighted by Crippen LogP contribution is 2.27. The molecule has 0 aliphatic carbocycles. The fourth-order valence-electron chi connectivity index (χ4n) is 2.36. The van der Waals surface area contributed by atoms with Gasteiger partial charge in [0.25, 0.3) is 17.6 Å². The number of amides is 2. The van der Waals surface area contributed by atoms with Crippen LogP contribution in [0.4, 0.5) is 14.5 Å². The zero-order valence-electron chi connectivity index (χ0n) is 14.4. The molecule has 0 saturated heterocycles. The molecule has 0 spiro atoms. The average Bonchev–Trinajstić information content (AvgIpc) is 2.62. The van der Waals surface area contributed by atoms with Crippen molar-refractivity contribution >= 4 is 29.3 Å². The summed E-state index contributed by atoms with van der Waals surface area (Å²) < 4.78 is 25.2. The van der Waals surface area contributed by atoms with Crippen LogP contribution in [-0.4, -0.2) is 40.5 Å². The maximum Gasteiger partial charge on any atom is 0.290 e. The normalized spacial score (nSPS) is 10.7. The number of rotatable bonds is 7. The van der Waals surface area contributed by atoms with Gasteiger partial charge in [-0.3, -0.25) is 9.59 Å². The first-order valence-corrected chi connectivity index (χ1v) is 8.94. The Hall–Kier alpha value is -2.48. The van der Waals surface area contributed by atoms with Crippen LogP contribution in [0.15, 0.2) is 47.6 Å². The molecule has 5 nitrogen and oxygen atoms in total. The molecule has 1 aromatic carbocycles. The smallest absolute Gasteiger partial charge is 0.290 e. The molecule has 2 aromatic rings. The molecule has 1 heterocycles. The molecule has 0 unspecified atom stereocenters. The second kappa shape index (κ2) is 9.28. The van der Waals surface area contributed by atoms with Crippen molar-refractivity contribution in [2.75, 3.05) is 18.4 Å². The first kappa shape index (κ1) is 19.8. The van der Waals surface area contributed by atoms with Crippen molar-refractivity contribution in [3.05, 3.63) is 53.7 Å². The SMILES string of the molecule is CCN(CC)C(=O)c1cccc(NC(=O)c2cccnc2SC(F)F)c1. The predicted molar refractivity (Wildman–Crippen MR) is 97.7 cm³/mol. The van der Waals surface area contributed by atoms with Gasteiger partial charge in [0, 0.05) is 30.5 Å². The van der Waals surface area contributed by atoms with E-state index >= 15 is 0 Å². The molecule has 26 heavy (non-hydrogen) atoms. The number of halogens is 2. The van der Waals surface area contributed by atoms with E-state index in [2.05, 4.69) is 10.3 Å². The van der Waals surface area contributed by atoms with Crippen molar-refractivity contribution in [1.82, 2.24) is 9.88 Å². The Bertz CT molecular complexity index is 783. The number of nitrogens with zero attached hydrogens (tertiary/aromatic N) is 2. The lowest BCUT2D eigenvalue weighted by atomic mass is 10.1. The van der Waals surface area contributed by atoms with Crippen LogP contribution in [0.25, 0.3) is 0 Å². The quantitative estimate of drug-likeness (QED) is 0.735. The molecule has 0 fully saturated rings. The van der Waals surface area contributed by atoms with E-state index in [4.69, 9.17) is 0 Å². The van der Waals surface area contributed by atoms with E-state index in [0.717, 1.165) is 0 Å². The van der Waals surface area contributed by atoms with Gasteiger partial charge >= 0.3 is 0 Å². The van der Waals surface area contributed by atoms with Gasteiger partial charge in [-0.1, -0.05) is 6.07 Å². The molecule has 0 saturated carbocycles. The molecular formula is C18H19F2N3O2S. The van der Waals surface area contributed by atoms with Gasteiger partial charge < -0.3 is 10.2 Å². The van der Waals surface area contributed by atoms with Gasteiger partial charge in [-0.2, -0.15) is 8.78 Å². The lowest BCUT2D eigenvalue weighted by molar-refractivity contribution is 0.0772. The van der Waals surface area contributed by atoms with Gasteiger partial charge in [-0.25, -0.2) is 4.98 Å². The van der Waals surface area contributed by atoms with Gasteiger partial charge in [0.15, 0.2) is 0 Å². The summed E-state index contributed by atoms with van der Waals surface area (Å²) in [5, 5.41) is 2.59. The van der Waals surface area contributed by atoms with Crippen molar-refractivity contribution in [2.45, 2.75) is 24.6 Å². The Kier molecular flexibility index (Phi) is 7.08. The van der Waals surface area contributed by atoms with Crippen LogP contribution in [0.5, 0.6) is 0 Å². The third-order valence-electron chi connectivity index (χ3n) is 3.63. The number of thioether (sulfide) groups is 1. The Morgan fingerprint density at radius 3 is 2.58 bits per heavy atom. The molecule has 2 rings (SSSR count). The van der Waals surface area contributed by atoms with Gasteiger partial charge in [0.2, 0.25) is 0 Å². The molecule has 0 aliphatic rings. The first-order valence-electron chi connectivity index (χ1n) is 8.06. The second-order valence-electron chi connectivity index (χ2n) is 5.25. The minimum atomic E-state index is -2.67. The molecule has 2 amide bonds. The Morgan fingerprint density at radius 1 is 1.19 bits per heavy atom. The lowest BCUT2D eigenvalue weighted by Gasteiger charge is -2.19. The number of benzene rings is 1. The van der Waals surface area contributed by atoms with Crippen molar-refractivity contribution in [1.29, 1.82) is 0 Å². The highest BCUT2D eigenvalue weighted by molar-refractivity contribution is 7.99. The molecular weight excluding hydrogens is 360 g/mol. The van der Waals surface area contributed by atoms with Crippen LogP contribution in [0.3, 0.4) is 0 Å². The maximum absolute atomic E-state index is 12.6. The highest BCUT2D eigenvalue weighted by Gasteiger charge is 2.18. The third-order valence-corrected chi connectivity index (χ3v) is 4.36. The van der Waals surface area contributed by atoms with Crippen molar-refractivity contribution < 1.29 is 18.4 Å². The number of hydrogen-bond donors (Lipinski definition) is 1. The molecule has 8 heteroatoms. The van der Waals surface area contributed by atoms with E-state index in [-0.39, 0.29) is 28.3 Å². The molecule has 138 valence electrons. The topological polar surface area (TPSA) is 62.3 Å². The summed E-state index contributed by atoms with van der Waals surface area (Å²) >= 11 is 0.216. The van der Waals surface area contributed by atoms with Gasteiger partial charge in [-0.15, -0.1) is 0 Å². The van der Waals surface area contributed by atoms with Crippen LogP contribution in [0.2, 0.25) is 0 Å². The van der Waals surface area contributed by atoms with Crippen LogP contribution < -0.4 is 5.32 Å². The van der Waals surface area contributed by atoms with Crippen LogP contribution in [-0.2, 0) is 0 Å². The van der Waals surface area contributed by atoms with Crippen LogP contribution in [0, 0.1) is 0 Å². The highest BCUT2D eigenvalue weighted by atomic mass is 32.2. The molecule has 1 aromatic heterocycles. The van der Waals surface area contributed by atoms with E-state index in [0.29, 0.717) is 24.3 Å². The minimum absolute atomic E-state index is 0.0460.